The number of benzene rings is 3. The van der Waals surface area contributed by atoms with Crippen LogP contribution in [0.4, 0.5) is 5.69 Å². The molecule has 2 aromatic heterocycles. The lowest BCUT2D eigenvalue weighted by molar-refractivity contribution is -0.127. The van der Waals surface area contributed by atoms with Crippen LogP contribution in [-0.4, -0.2) is 41.6 Å². The topological polar surface area (TPSA) is 76.5 Å². The van der Waals surface area contributed by atoms with Crippen LogP contribution in [0.15, 0.2) is 103 Å². The van der Waals surface area contributed by atoms with Crippen molar-refractivity contribution in [3.63, 3.8) is 0 Å². The molecule has 2 amide bonds. The number of likely N-dealkylation sites (N-methyl/N-ethyl adjacent to an activating group) is 1. The lowest BCUT2D eigenvalue weighted by atomic mass is 10.0. The van der Waals surface area contributed by atoms with Gasteiger partial charge in [-0.25, -0.2) is 4.98 Å². The van der Waals surface area contributed by atoms with Crippen molar-refractivity contribution in [2.24, 2.45) is 0 Å². The molecule has 0 aliphatic carbocycles. The molecule has 43 heavy (non-hydrogen) atoms. The predicted molar refractivity (Wildman–Crippen MR) is 171 cm³/mol. The molecule has 1 N–H and O–H groups in total. The normalized spacial score (nSPS) is 11.7. The van der Waals surface area contributed by atoms with E-state index in [9.17, 15) is 9.59 Å². The van der Waals surface area contributed by atoms with Gasteiger partial charge >= 0.3 is 0 Å². The summed E-state index contributed by atoms with van der Waals surface area (Å²) in [4.78, 5) is 33.2. The van der Waals surface area contributed by atoms with Crippen molar-refractivity contribution >= 4 is 28.4 Å². The second-order valence-electron chi connectivity index (χ2n) is 10.8. The van der Waals surface area contributed by atoms with Crippen LogP contribution in [0, 0.1) is 6.92 Å². The number of anilines is 1. The van der Waals surface area contributed by atoms with Crippen molar-refractivity contribution in [2.45, 2.75) is 45.2 Å². The van der Waals surface area contributed by atoms with Crippen molar-refractivity contribution < 1.29 is 14.3 Å². The van der Waals surface area contributed by atoms with Crippen LogP contribution in [0.5, 0.6) is 5.88 Å². The summed E-state index contributed by atoms with van der Waals surface area (Å²) in [6, 6.07) is 31.2. The molecular formula is C36H38N4O3. The number of para-hydroxylation sites is 1. The van der Waals surface area contributed by atoms with E-state index in [4.69, 9.17) is 4.74 Å². The number of aromatic nitrogens is 2. The van der Waals surface area contributed by atoms with Gasteiger partial charge in [0.25, 0.3) is 0 Å². The van der Waals surface area contributed by atoms with Gasteiger partial charge in [0, 0.05) is 42.7 Å². The molecule has 1 atom stereocenters. The first-order chi connectivity index (χ1) is 20.9. The SMILES string of the molecule is COc1ccc(N(C)C(=O)[C@H](Cc2ccccc2)NC(=O)Cc2c(C)n(CCCc3ccccc3)c3ccccc23)cn1. The Balaban J connectivity index is 1.35. The van der Waals surface area contributed by atoms with E-state index < -0.39 is 6.04 Å². The molecule has 0 fully saturated rings. The van der Waals surface area contributed by atoms with Crippen molar-refractivity contribution in [3.05, 3.63) is 126 Å². The van der Waals surface area contributed by atoms with E-state index in [2.05, 4.69) is 58.2 Å². The molecule has 2 heterocycles. The molecular weight excluding hydrogens is 536 g/mol. The highest BCUT2D eigenvalue weighted by Crippen LogP contribution is 2.27. The number of carbonyl (C=O) groups excluding carboxylic acids is 2. The molecule has 0 spiro atoms. The highest BCUT2D eigenvalue weighted by molar-refractivity contribution is 5.99. The standard InChI is InChI=1S/C36H38N4O3/c1-26-31(30-18-10-11-19-33(30)40(26)22-12-17-27-13-6-4-7-14-27)24-34(41)38-32(23-28-15-8-5-9-16-28)36(42)39(2)29-20-21-35(43-3)37-25-29/h4-11,13-16,18-21,25,32H,12,17,22-24H2,1-3H3,(H,38,41)/t32-/m0/s1. The molecule has 0 bridgehead atoms. The maximum atomic E-state index is 13.8. The largest absolute Gasteiger partial charge is 0.481 e. The van der Waals surface area contributed by atoms with Gasteiger partial charge in [-0.3, -0.25) is 9.59 Å². The van der Waals surface area contributed by atoms with Crippen molar-refractivity contribution in [2.75, 3.05) is 19.1 Å². The second kappa shape index (κ2) is 13.8. The van der Waals surface area contributed by atoms with Crippen LogP contribution < -0.4 is 15.0 Å². The smallest absolute Gasteiger partial charge is 0.249 e. The summed E-state index contributed by atoms with van der Waals surface area (Å²) in [5.74, 6) is 0.0587. The van der Waals surface area contributed by atoms with E-state index in [1.807, 2.05) is 48.5 Å². The minimum atomic E-state index is -0.749. The fourth-order valence-electron chi connectivity index (χ4n) is 5.61. The molecule has 0 saturated carbocycles. The Morgan fingerprint density at radius 3 is 2.26 bits per heavy atom. The lowest BCUT2D eigenvalue weighted by Crippen LogP contribution is -2.49. The molecule has 0 aliphatic heterocycles. The predicted octanol–water partition coefficient (Wildman–Crippen LogP) is 5.92. The molecule has 0 unspecified atom stereocenters. The van der Waals surface area contributed by atoms with Gasteiger partial charge in [-0.1, -0.05) is 78.9 Å². The molecule has 7 nitrogen and oxygen atoms in total. The number of methoxy groups -OCH3 is 1. The Kier molecular flexibility index (Phi) is 9.52. The quantitative estimate of drug-likeness (QED) is 0.201. The van der Waals surface area contributed by atoms with Gasteiger partial charge < -0.3 is 19.5 Å². The first-order valence-electron chi connectivity index (χ1n) is 14.7. The number of carbonyl (C=O) groups is 2. The molecule has 0 aliphatic rings. The van der Waals surface area contributed by atoms with Crippen LogP contribution in [-0.2, 0) is 35.4 Å². The molecule has 220 valence electrons. The number of nitrogens with one attached hydrogen (secondary N) is 1. The van der Waals surface area contributed by atoms with Crippen molar-refractivity contribution in [1.29, 1.82) is 0 Å². The monoisotopic (exact) mass is 574 g/mol. The summed E-state index contributed by atoms with van der Waals surface area (Å²) in [7, 11) is 3.25. The Morgan fingerprint density at radius 1 is 0.907 bits per heavy atom. The van der Waals surface area contributed by atoms with Crippen LogP contribution in [0.2, 0.25) is 0 Å². The zero-order valence-electron chi connectivity index (χ0n) is 25.0. The molecule has 5 aromatic rings. The average molecular weight is 575 g/mol. The number of rotatable bonds is 12. The Hall–Kier alpha value is -4.91. The number of nitrogens with zero attached hydrogens (tertiary/aromatic N) is 3. The van der Waals surface area contributed by atoms with Gasteiger partial charge in [0.05, 0.1) is 25.4 Å². The fourth-order valence-corrected chi connectivity index (χ4v) is 5.61. The molecule has 3 aromatic carbocycles. The van der Waals surface area contributed by atoms with E-state index in [-0.39, 0.29) is 18.2 Å². The summed E-state index contributed by atoms with van der Waals surface area (Å²) >= 11 is 0. The average Bonchev–Trinajstić information content (AvgIpc) is 3.31. The van der Waals surface area contributed by atoms with Gasteiger partial charge in [0.15, 0.2) is 0 Å². The van der Waals surface area contributed by atoms with E-state index in [0.29, 0.717) is 18.0 Å². The zero-order valence-corrected chi connectivity index (χ0v) is 25.0. The second-order valence-corrected chi connectivity index (χ2v) is 10.8. The Morgan fingerprint density at radius 2 is 1.58 bits per heavy atom. The molecule has 0 saturated heterocycles. The summed E-state index contributed by atoms with van der Waals surface area (Å²) < 4.78 is 7.47. The first-order valence-corrected chi connectivity index (χ1v) is 14.7. The third-order valence-corrected chi connectivity index (χ3v) is 7.95. The molecule has 0 radical (unpaired) electrons. The van der Waals surface area contributed by atoms with Crippen LogP contribution >= 0.6 is 0 Å². The number of hydrogen-bond donors (Lipinski definition) is 1. The fraction of sp³-hybridized carbons (Fsp3) is 0.250. The highest BCUT2D eigenvalue weighted by Gasteiger charge is 2.26. The van der Waals surface area contributed by atoms with Gasteiger partial charge in [-0.2, -0.15) is 0 Å². The Bertz CT molecular complexity index is 1660. The lowest BCUT2D eigenvalue weighted by Gasteiger charge is -2.25. The first kappa shape index (κ1) is 29.6. The maximum absolute atomic E-state index is 13.8. The number of ether oxygens (including phenoxy) is 1. The third kappa shape index (κ3) is 7.12. The summed E-state index contributed by atoms with van der Waals surface area (Å²) in [6.07, 6.45) is 4.14. The van der Waals surface area contributed by atoms with Crippen molar-refractivity contribution in [3.8, 4) is 5.88 Å². The summed E-state index contributed by atoms with van der Waals surface area (Å²) in [5, 5.41) is 4.14. The molecule has 5 rings (SSSR count). The highest BCUT2D eigenvalue weighted by atomic mass is 16.5. The zero-order chi connectivity index (χ0) is 30.2. The van der Waals surface area contributed by atoms with Crippen LogP contribution in [0.25, 0.3) is 10.9 Å². The van der Waals surface area contributed by atoms with Gasteiger partial charge in [-0.15, -0.1) is 0 Å². The number of amides is 2. The van der Waals surface area contributed by atoms with Crippen molar-refractivity contribution in [1.82, 2.24) is 14.9 Å². The number of hydrogen-bond acceptors (Lipinski definition) is 4. The van der Waals surface area contributed by atoms with Crippen LogP contribution in [0.3, 0.4) is 0 Å². The summed E-state index contributed by atoms with van der Waals surface area (Å²) in [5.41, 5.74) is 6.10. The summed E-state index contributed by atoms with van der Waals surface area (Å²) in [6.45, 7) is 2.95. The van der Waals surface area contributed by atoms with Gasteiger partial charge in [0.2, 0.25) is 17.7 Å². The maximum Gasteiger partial charge on any atom is 0.249 e. The minimum Gasteiger partial charge on any atom is -0.481 e. The van der Waals surface area contributed by atoms with Gasteiger partial charge in [-0.05, 0) is 48.6 Å². The third-order valence-electron chi connectivity index (χ3n) is 7.95. The Labute approximate surface area is 253 Å². The van der Waals surface area contributed by atoms with E-state index in [0.717, 1.165) is 47.1 Å². The number of pyridine rings is 1. The molecule has 7 heteroatoms. The van der Waals surface area contributed by atoms with E-state index in [1.54, 1.807) is 32.5 Å². The van der Waals surface area contributed by atoms with Gasteiger partial charge in [0.1, 0.15) is 6.04 Å². The minimum absolute atomic E-state index is 0.185. The number of fused-ring (bicyclic) bond motifs is 1. The van der Waals surface area contributed by atoms with Crippen LogP contribution in [0.1, 0.15) is 28.8 Å². The van der Waals surface area contributed by atoms with E-state index >= 15 is 0 Å². The number of aryl methyl sites for hydroxylation is 2. The van der Waals surface area contributed by atoms with E-state index in [1.165, 1.54) is 10.5 Å².